The van der Waals surface area contributed by atoms with E-state index in [1.807, 2.05) is 31.2 Å². The summed E-state index contributed by atoms with van der Waals surface area (Å²) in [6, 6.07) is 13.0. The Morgan fingerprint density at radius 1 is 1.15 bits per heavy atom. The van der Waals surface area contributed by atoms with E-state index in [-0.39, 0.29) is 23.9 Å². The molecule has 2 aromatic carbocycles. The van der Waals surface area contributed by atoms with Crippen molar-refractivity contribution in [2.24, 2.45) is 11.3 Å². The first-order valence-electron chi connectivity index (χ1n) is 17.0. The van der Waals surface area contributed by atoms with Crippen molar-refractivity contribution in [1.82, 2.24) is 15.2 Å². The van der Waals surface area contributed by atoms with E-state index < -0.39 is 10.8 Å². The number of hydrogen-bond donors (Lipinski definition) is 3. The molecule has 2 aliphatic carbocycles. The number of fused-ring (bicyclic) bond motifs is 1. The van der Waals surface area contributed by atoms with Gasteiger partial charge in [-0.15, -0.1) is 11.6 Å². The van der Waals surface area contributed by atoms with Gasteiger partial charge in [0.1, 0.15) is 5.52 Å². The number of rotatable bonds is 10. The zero-order valence-electron chi connectivity index (χ0n) is 26.9. The Labute approximate surface area is 286 Å². The van der Waals surface area contributed by atoms with E-state index >= 15 is 0 Å². The third-order valence-electron chi connectivity index (χ3n) is 11.0. The summed E-state index contributed by atoms with van der Waals surface area (Å²) >= 11 is 14.1. The number of aliphatic carboxylic acids is 1. The number of oxazole rings is 1. The lowest BCUT2D eigenvalue weighted by Crippen LogP contribution is -2.49. The van der Waals surface area contributed by atoms with Gasteiger partial charge in [0.2, 0.25) is 5.89 Å². The summed E-state index contributed by atoms with van der Waals surface area (Å²) in [5, 5.41) is 23.4. The largest absolute Gasteiger partial charge is 0.481 e. The Bertz CT molecular complexity index is 1680. The molecule has 8 nitrogen and oxygen atoms in total. The van der Waals surface area contributed by atoms with Gasteiger partial charge in [0.25, 0.3) is 0 Å². The first kappa shape index (κ1) is 32.7. The summed E-state index contributed by atoms with van der Waals surface area (Å²) in [4.78, 5) is 20.1. The van der Waals surface area contributed by atoms with Gasteiger partial charge in [0, 0.05) is 56.5 Å². The average Bonchev–Trinajstić information content (AvgIpc) is 3.69. The van der Waals surface area contributed by atoms with Crippen LogP contribution in [0.4, 0.5) is 5.69 Å². The number of allylic oxidation sites excluding steroid dienone is 4. The van der Waals surface area contributed by atoms with Gasteiger partial charge < -0.3 is 24.8 Å². The molecule has 47 heavy (non-hydrogen) atoms. The molecule has 2 saturated heterocycles. The summed E-state index contributed by atoms with van der Waals surface area (Å²) in [5.74, 6) is -0.862. The fourth-order valence-corrected chi connectivity index (χ4v) is 8.44. The molecule has 10 heteroatoms. The number of piperidine rings is 1. The number of hydrogen-bond acceptors (Lipinski definition) is 7. The Morgan fingerprint density at radius 2 is 1.96 bits per heavy atom. The number of likely N-dealkylation sites (tertiary alicyclic amines) is 1. The van der Waals surface area contributed by atoms with Crippen molar-refractivity contribution in [2.45, 2.75) is 68.8 Å². The van der Waals surface area contributed by atoms with Crippen LogP contribution in [0.1, 0.15) is 68.4 Å². The third kappa shape index (κ3) is 6.60. The predicted molar refractivity (Wildman–Crippen MR) is 187 cm³/mol. The average molecular weight is 680 g/mol. The number of carboxylic acids is 1. The van der Waals surface area contributed by atoms with Gasteiger partial charge in [-0.05, 0) is 86.5 Å². The Hall–Kier alpha value is -2.88. The number of halogens is 2. The lowest BCUT2D eigenvalue weighted by Gasteiger charge is -2.42. The molecule has 3 heterocycles. The number of nitrogens with zero attached hydrogens (tertiary/aromatic N) is 3. The fraction of sp³-hybridized carbons (Fsp3) is 0.514. The molecule has 7 rings (SSSR count). The third-order valence-corrected chi connectivity index (χ3v) is 11.7. The van der Waals surface area contributed by atoms with Gasteiger partial charge in [0.05, 0.1) is 21.7 Å². The molecule has 3 atom stereocenters. The minimum absolute atomic E-state index is 0.106. The molecule has 2 unspecified atom stereocenters. The second-order valence-electron chi connectivity index (χ2n) is 14.3. The first-order valence-corrected chi connectivity index (χ1v) is 17.7. The van der Waals surface area contributed by atoms with Gasteiger partial charge >= 0.3 is 5.97 Å². The normalized spacial score (nSPS) is 26.5. The van der Waals surface area contributed by atoms with Crippen LogP contribution in [0.3, 0.4) is 0 Å². The zero-order valence-corrected chi connectivity index (χ0v) is 28.4. The maximum absolute atomic E-state index is 11.4. The standard InChI is InChI=1S/C37H44Cl2N4O4/c1-36(39)29(25-5-2-6-28(19-25)43-15-10-27(11-16-43)40-22-37(23-44)12-4-13-37)7-3-8-30(36)34-41-32-18-24(17-31(38)33(32)47-34)20-42-14-9-26(21-42)35(45)46/h2-3,5-8,17-19,26-27,30,40,44H,4,9-16,20-23H2,1H3,(H,45,46)/t26-,30?,36?/m1/s1. The highest BCUT2D eigenvalue weighted by atomic mass is 35.5. The number of carbonyl (C=O) groups is 1. The molecule has 3 fully saturated rings. The number of anilines is 1. The maximum atomic E-state index is 11.4. The molecule has 1 aromatic heterocycles. The van der Waals surface area contributed by atoms with E-state index in [9.17, 15) is 15.0 Å². The van der Waals surface area contributed by atoms with Crippen LogP contribution in [-0.2, 0) is 11.3 Å². The molecule has 2 aliphatic heterocycles. The van der Waals surface area contributed by atoms with Gasteiger partial charge in [-0.1, -0.05) is 48.4 Å². The molecule has 0 radical (unpaired) electrons. The molecule has 0 bridgehead atoms. The Morgan fingerprint density at radius 3 is 2.66 bits per heavy atom. The molecule has 0 amide bonds. The van der Waals surface area contributed by atoms with E-state index in [1.165, 1.54) is 12.1 Å². The van der Waals surface area contributed by atoms with Crippen molar-refractivity contribution in [2.75, 3.05) is 44.2 Å². The summed E-state index contributed by atoms with van der Waals surface area (Å²) in [6.07, 6.45) is 12.5. The van der Waals surface area contributed by atoms with E-state index in [2.05, 4.69) is 45.5 Å². The highest BCUT2D eigenvalue weighted by Crippen LogP contribution is 2.48. The summed E-state index contributed by atoms with van der Waals surface area (Å²) < 4.78 is 6.29. The Kier molecular flexibility index (Phi) is 9.17. The minimum atomic E-state index is -0.813. The number of nitrogens with one attached hydrogen (secondary N) is 1. The second kappa shape index (κ2) is 13.2. The van der Waals surface area contributed by atoms with Crippen LogP contribution < -0.4 is 10.2 Å². The molecule has 0 spiro atoms. The molecule has 250 valence electrons. The van der Waals surface area contributed by atoms with Crippen LogP contribution in [0.15, 0.2) is 59.0 Å². The lowest BCUT2D eigenvalue weighted by molar-refractivity contribution is -0.141. The lowest BCUT2D eigenvalue weighted by atomic mass is 9.69. The van der Waals surface area contributed by atoms with Crippen molar-refractivity contribution in [1.29, 1.82) is 0 Å². The van der Waals surface area contributed by atoms with Gasteiger partial charge in [-0.25, -0.2) is 4.98 Å². The highest BCUT2D eigenvalue weighted by molar-refractivity contribution is 6.34. The monoisotopic (exact) mass is 678 g/mol. The maximum Gasteiger partial charge on any atom is 0.307 e. The minimum Gasteiger partial charge on any atom is -0.481 e. The van der Waals surface area contributed by atoms with Crippen LogP contribution in [0.2, 0.25) is 5.02 Å². The summed E-state index contributed by atoms with van der Waals surface area (Å²) in [6.45, 7) is 7.08. The molecule has 4 aliphatic rings. The molecular weight excluding hydrogens is 635 g/mol. The predicted octanol–water partition coefficient (Wildman–Crippen LogP) is 6.84. The van der Waals surface area contributed by atoms with Crippen molar-refractivity contribution < 1.29 is 19.4 Å². The van der Waals surface area contributed by atoms with Crippen LogP contribution in [0.25, 0.3) is 16.7 Å². The van der Waals surface area contributed by atoms with Crippen LogP contribution in [0.5, 0.6) is 0 Å². The number of aromatic nitrogens is 1. The number of aliphatic hydroxyl groups excluding tert-OH is 1. The summed E-state index contributed by atoms with van der Waals surface area (Å²) in [7, 11) is 0. The topological polar surface area (TPSA) is 102 Å². The quantitative estimate of drug-likeness (QED) is 0.200. The fourth-order valence-electron chi connectivity index (χ4n) is 7.83. The van der Waals surface area contributed by atoms with E-state index in [0.717, 1.165) is 68.6 Å². The van der Waals surface area contributed by atoms with Crippen molar-refractivity contribution >= 4 is 51.5 Å². The molecule has 1 saturated carbocycles. The van der Waals surface area contributed by atoms with E-state index in [4.69, 9.17) is 32.6 Å². The SMILES string of the molecule is CC1(Cl)C(c2cccc(N3CCC(NCC4(CO)CCC4)CC3)c2)=CC=CC1c1nc2cc(CN3CC[C@@H](C(=O)O)C3)cc(Cl)c2o1. The van der Waals surface area contributed by atoms with Gasteiger partial charge in [-0.2, -0.15) is 0 Å². The molecular formula is C37H44Cl2N4O4. The van der Waals surface area contributed by atoms with Crippen molar-refractivity contribution in [3.63, 3.8) is 0 Å². The van der Waals surface area contributed by atoms with Gasteiger partial charge in [0.15, 0.2) is 5.58 Å². The smallest absolute Gasteiger partial charge is 0.307 e. The van der Waals surface area contributed by atoms with Crippen molar-refractivity contribution in [3.8, 4) is 0 Å². The van der Waals surface area contributed by atoms with Crippen molar-refractivity contribution in [3.05, 3.63) is 76.7 Å². The number of benzene rings is 2. The van der Waals surface area contributed by atoms with E-state index in [1.54, 1.807) is 0 Å². The number of carboxylic acid groups (broad SMARTS) is 1. The van der Waals surface area contributed by atoms with E-state index in [0.29, 0.717) is 47.6 Å². The summed E-state index contributed by atoms with van der Waals surface area (Å²) in [5.41, 5.74) is 5.57. The first-order chi connectivity index (χ1) is 22.6. The zero-order chi connectivity index (χ0) is 32.8. The van der Waals surface area contributed by atoms with Gasteiger partial charge in [-0.3, -0.25) is 9.69 Å². The Balaban J connectivity index is 1.04. The highest BCUT2D eigenvalue weighted by Gasteiger charge is 2.41. The number of aliphatic hydroxyl groups is 1. The van der Waals surface area contributed by atoms with Crippen LogP contribution in [-0.4, -0.2) is 76.3 Å². The van der Waals surface area contributed by atoms with Crippen LogP contribution in [0, 0.1) is 11.3 Å². The number of alkyl halides is 1. The molecule has 3 aromatic rings. The second-order valence-corrected chi connectivity index (χ2v) is 15.5. The van der Waals surface area contributed by atoms with Crippen LogP contribution >= 0.6 is 23.2 Å². The molecule has 3 N–H and O–H groups in total.